The van der Waals surface area contributed by atoms with Gasteiger partial charge in [0.1, 0.15) is 0 Å². The van der Waals surface area contributed by atoms with Crippen molar-refractivity contribution in [1.82, 2.24) is 10.2 Å². The quantitative estimate of drug-likeness (QED) is 0.603. The number of hydrogen-bond acceptors (Lipinski definition) is 4. The van der Waals surface area contributed by atoms with Crippen LogP contribution in [0.15, 0.2) is 11.3 Å². The lowest BCUT2D eigenvalue weighted by molar-refractivity contribution is 0.359. The van der Waals surface area contributed by atoms with Gasteiger partial charge in [0.2, 0.25) is 0 Å². The van der Waals surface area contributed by atoms with Crippen LogP contribution in [0.4, 0.5) is 0 Å². The van der Waals surface area contributed by atoms with Crippen molar-refractivity contribution < 1.29 is 0 Å². The summed E-state index contributed by atoms with van der Waals surface area (Å²) in [7, 11) is 4.03. The molecule has 0 saturated heterocycles. The molecule has 1 rings (SSSR count). The maximum Gasteiger partial charge on any atom is 0.0263 e. The van der Waals surface area contributed by atoms with Crippen molar-refractivity contribution in [3.8, 4) is 0 Å². The van der Waals surface area contributed by atoms with Crippen molar-refractivity contribution in [2.45, 2.75) is 32.1 Å². The number of rotatable bonds is 7. The van der Waals surface area contributed by atoms with Crippen LogP contribution >= 0.6 is 0 Å². The molecule has 0 aromatic heterocycles. The van der Waals surface area contributed by atoms with Crippen LogP contribution in [0, 0.1) is 11.3 Å². The number of nitrogens with one attached hydrogen (secondary N) is 2. The van der Waals surface area contributed by atoms with Crippen LogP contribution in [-0.4, -0.2) is 44.8 Å². The van der Waals surface area contributed by atoms with Gasteiger partial charge in [-0.1, -0.05) is 19.3 Å². The molecule has 0 aromatic carbocycles. The molecule has 0 aliphatic heterocycles. The summed E-state index contributed by atoms with van der Waals surface area (Å²) in [5, 5.41) is 10.7. The van der Waals surface area contributed by atoms with E-state index in [-0.39, 0.29) is 0 Å². The fourth-order valence-electron chi connectivity index (χ4n) is 2.57. The van der Waals surface area contributed by atoms with Gasteiger partial charge >= 0.3 is 0 Å². The van der Waals surface area contributed by atoms with Gasteiger partial charge in [-0.25, -0.2) is 0 Å². The molecule has 0 atom stereocenters. The topological polar surface area (TPSA) is 65.1 Å². The molecule has 1 saturated carbocycles. The number of allylic oxidation sites excluding steroid dienone is 1. The Hall–Kier alpha value is -0.870. The second-order valence-electron chi connectivity index (χ2n) is 5.30. The Morgan fingerprint density at radius 2 is 2.06 bits per heavy atom. The average molecular weight is 252 g/mol. The maximum absolute atomic E-state index is 7.57. The maximum atomic E-state index is 7.57. The van der Waals surface area contributed by atoms with E-state index in [1.807, 2.05) is 7.05 Å². The van der Waals surface area contributed by atoms with Gasteiger partial charge in [-0.2, -0.15) is 0 Å². The van der Waals surface area contributed by atoms with Crippen molar-refractivity contribution in [3.63, 3.8) is 0 Å². The molecule has 0 bridgehead atoms. The SMILES string of the molecule is CNCCN(C)CC(C=N)=C(N)C1CCCCC1. The van der Waals surface area contributed by atoms with Gasteiger partial charge in [0, 0.05) is 37.1 Å². The fraction of sp³-hybridized carbons (Fsp3) is 0.786. The number of hydrogen-bond donors (Lipinski definition) is 3. The Balaban J connectivity index is 2.58. The number of likely N-dealkylation sites (N-methyl/N-ethyl adjacent to an activating group) is 2. The minimum Gasteiger partial charge on any atom is -0.402 e. The summed E-state index contributed by atoms with van der Waals surface area (Å²) in [6.45, 7) is 2.73. The predicted octanol–water partition coefficient (Wildman–Crippen LogP) is 1.58. The summed E-state index contributed by atoms with van der Waals surface area (Å²) < 4.78 is 0. The summed E-state index contributed by atoms with van der Waals surface area (Å²) >= 11 is 0. The van der Waals surface area contributed by atoms with Crippen LogP contribution < -0.4 is 11.1 Å². The Labute approximate surface area is 111 Å². The van der Waals surface area contributed by atoms with Gasteiger partial charge in [0.15, 0.2) is 0 Å². The molecule has 1 aliphatic carbocycles. The second-order valence-corrected chi connectivity index (χ2v) is 5.30. The third-order valence-electron chi connectivity index (χ3n) is 3.77. The average Bonchev–Trinajstić information content (AvgIpc) is 2.42. The first-order valence-electron chi connectivity index (χ1n) is 7.01. The van der Waals surface area contributed by atoms with Crippen molar-refractivity contribution in [2.75, 3.05) is 33.7 Å². The van der Waals surface area contributed by atoms with E-state index in [4.69, 9.17) is 11.1 Å². The smallest absolute Gasteiger partial charge is 0.0263 e. The van der Waals surface area contributed by atoms with Gasteiger partial charge in [-0.3, -0.25) is 0 Å². The highest BCUT2D eigenvalue weighted by molar-refractivity contribution is 5.77. The van der Waals surface area contributed by atoms with Crippen molar-refractivity contribution in [2.24, 2.45) is 11.7 Å². The lowest BCUT2D eigenvalue weighted by atomic mass is 9.85. The van der Waals surface area contributed by atoms with Crippen LogP contribution in [0.5, 0.6) is 0 Å². The van der Waals surface area contributed by atoms with Crippen LogP contribution in [-0.2, 0) is 0 Å². The molecular weight excluding hydrogens is 224 g/mol. The molecule has 1 aliphatic rings. The van der Waals surface area contributed by atoms with E-state index in [0.717, 1.165) is 30.9 Å². The summed E-state index contributed by atoms with van der Waals surface area (Å²) in [6.07, 6.45) is 7.75. The molecule has 4 heteroatoms. The normalized spacial score (nSPS) is 18.8. The van der Waals surface area contributed by atoms with E-state index in [1.165, 1.54) is 38.3 Å². The van der Waals surface area contributed by atoms with E-state index >= 15 is 0 Å². The molecule has 0 unspecified atom stereocenters. The third kappa shape index (κ3) is 4.78. The molecule has 0 heterocycles. The first-order valence-corrected chi connectivity index (χ1v) is 7.01. The zero-order valence-corrected chi connectivity index (χ0v) is 11.8. The molecule has 1 fully saturated rings. The standard InChI is InChI=1S/C14H28N4/c1-17-8-9-18(2)11-13(10-15)14(16)12-6-4-3-5-7-12/h10,12,15,17H,3-9,11,16H2,1-2H3. The number of nitrogens with zero attached hydrogens (tertiary/aromatic N) is 1. The largest absolute Gasteiger partial charge is 0.402 e. The monoisotopic (exact) mass is 252 g/mol. The molecule has 104 valence electrons. The Bertz CT molecular complexity index is 280. The highest BCUT2D eigenvalue weighted by Gasteiger charge is 2.18. The molecule has 0 spiro atoms. The van der Waals surface area contributed by atoms with Crippen molar-refractivity contribution >= 4 is 6.21 Å². The lowest BCUT2D eigenvalue weighted by Crippen LogP contribution is -2.31. The molecule has 0 aromatic rings. The Morgan fingerprint density at radius 3 is 2.61 bits per heavy atom. The van der Waals surface area contributed by atoms with E-state index < -0.39 is 0 Å². The number of nitrogens with two attached hydrogens (primary N) is 1. The lowest BCUT2D eigenvalue weighted by Gasteiger charge is -2.25. The van der Waals surface area contributed by atoms with Gasteiger partial charge in [-0.15, -0.1) is 0 Å². The van der Waals surface area contributed by atoms with Gasteiger partial charge in [-0.05, 0) is 32.9 Å². The minimum absolute atomic E-state index is 0.507. The molecule has 0 amide bonds. The predicted molar refractivity (Wildman–Crippen MR) is 78.0 cm³/mol. The van der Waals surface area contributed by atoms with Gasteiger partial charge < -0.3 is 21.4 Å². The molecular formula is C14H28N4. The van der Waals surface area contributed by atoms with Crippen molar-refractivity contribution in [3.05, 3.63) is 11.3 Å². The first kappa shape index (κ1) is 15.2. The van der Waals surface area contributed by atoms with E-state index in [1.54, 1.807) is 0 Å². The van der Waals surface area contributed by atoms with Crippen molar-refractivity contribution in [1.29, 1.82) is 5.41 Å². The van der Waals surface area contributed by atoms with E-state index in [9.17, 15) is 0 Å². The van der Waals surface area contributed by atoms with E-state index in [0.29, 0.717) is 5.92 Å². The third-order valence-corrected chi connectivity index (χ3v) is 3.77. The Kier molecular flexibility index (Phi) is 6.98. The highest BCUT2D eigenvalue weighted by atomic mass is 15.1. The fourth-order valence-corrected chi connectivity index (χ4v) is 2.57. The minimum atomic E-state index is 0.507. The van der Waals surface area contributed by atoms with Crippen LogP contribution in [0.1, 0.15) is 32.1 Å². The van der Waals surface area contributed by atoms with Crippen LogP contribution in [0.2, 0.25) is 0 Å². The molecule has 0 radical (unpaired) electrons. The summed E-state index contributed by atoms with van der Waals surface area (Å²) in [6, 6.07) is 0. The zero-order chi connectivity index (χ0) is 13.4. The second kappa shape index (κ2) is 8.27. The van der Waals surface area contributed by atoms with E-state index in [2.05, 4.69) is 17.3 Å². The summed E-state index contributed by atoms with van der Waals surface area (Å²) in [5.74, 6) is 0.507. The van der Waals surface area contributed by atoms with Gasteiger partial charge in [0.05, 0.1) is 0 Å². The molecule has 4 N–H and O–H groups in total. The Morgan fingerprint density at radius 1 is 1.39 bits per heavy atom. The van der Waals surface area contributed by atoms with Crippen LogP contribution in [0.25, 0.3) is 0 Å². The van der Waals surface area contributed by atoms with Gasteiger partial charge in [0.25, 0.3) is 0 Å². The van der Waals surface area contributed by atoms with Crippen LogP contribution in [0.3, 0.4) is 0 Å². The zero-order valence-electron chi connectivity index (χ0n) is 11.8. The molecule has 18 heavy (non-hydrogen) atoms. The summed E-state index contributed by atoms with van der Waals surface area (Å²) in [5.41, 5.74) is 8.23. The summed E-state index contributed by atoms with van der Waals surface area (Å²) in [4.78, 5) is 2.21. The molecule has 4 nitrogen and oxygen atoms in total. The first-order chi connectivity index (χ1) is 8.69. The highest BCUT2D eigenvalue weighted by Crippen LogP contribution is 2.28.